The highest BCUT2D eigenvalue weighted by atomic mass is 16.1. The van der Waals surface area contributed by atoms with Crippen molar-refractivity contribution in [3.63, 3.8) is 0 Å². The summed E-state index contributed by atoms with van der Waals surface area (Å²) in [6.45, 7) is 0.406. The predicted molar refractivity (Wildman–Crippen MR) is 70.9 cm³/mol. The molecule has 0 aliphatic carbocycles. The highest BCUT2D eigenvalue weighted by Gasteiger charge is 2.06. The molecule has 0 saturated heterocycles. The van der Waals surface area contributed by atoms with E-state index >= 15 is 0 Å². The number of carbonyl (C=O) groups excluding carboxylic acids is 1. The van der Waals surface area contributed by atoms with Crippen LogP contribution in [0, 0.1) is 0 Å². The molecule has 2 rings (SSSR count). The van der Waals surface area contributed by atoms with E-state index in [0.29, 0.717) is 13.0 Å². The van der Waals surface area contributed by atoms with Gasteiger partial charge in [0.1, 0.15) is 0 Å². The molecule has 0 radical (unpaired) electrons. The average molecular weight is 241 g/mol. The van der Waals surface area contributed by atoms with Gasteiger partial charge in [0.2, 0.25) is 5.91 Å². The first kappa shape index (κ1) is 12.3. The Bertz CT molecular complexity index is 526. The van der Waals surface area contributed by atoms with E-state index in [1.807, 2.05) is 36.4 Å². The number of nitrogens with one attached hydrogen (secondary N) is 1. The van der Waals surface area contributed by atoms with E-state index in [1.54, 1.807) is 12.4 Å². The smallest absolute Gasteiger partial charge is 0.228 e. The van der Waals surface area contributed by atoms with Gasteiger partial charge in [0.05, 0.1) is 6.42 Å². The normalized spacial score (nSPS) is 10.1. The summed E-state index contributed by atoms with van der Waals surface area (Å²) in [4.78, 5) is 15.8. The summed E-state index contributed by atoms with van der Waals surface area (Å²) < 4.78 is 0. The van der Waals surface area contributed by atoms with Crippen molar-refractivity contribution in [1.82, 2.24) is 4.98 Å². The molecule has 1 heterocycles. The molecule has 0 bridgehead atoms. The third kappa shape index (κ3) is 3.15. The van der Waals surface area contributed by atoms with Gasteiger partial charge in [0.15, 0.2) is 0 Å². The van der Waals surface area contributed by atoms with E-state index in [-0.39, 0.29) is 5.91 Å². The first-order chi connectivity index (χ1) is 8.79. The van der Waals surface area contributed by atoms with Crippen molar-refractivity contribution in [3.05, 3.63) is 59.9 Å². The highest BCUT2D eigenvalue weighted by Crippen LogP contribution is 2.14. The maximum Gasteiger partial charge on any atom is 0.228 e. The first-order valence-corrected chi connectivity index (χ1v) is 5.76. The van der Waals surface area contributed by atoms with Crippen molar-refractivity contribution in [1.29, 1.82) is 0 Å². The molecule has 1 aromatic carbocycles. The number of nitrogens with two attached hydrogens (primary N) is 1. The second-order valence-corrected chi connectivity index (χ2v) is 3.95. The van der Waals surface area contributed by atoms with Gasteiger partial charge < -0.3 is 11.1 Å². The third-order valence-electron chi connectivity index (χ3n) is 2.60. The fraction of sp³-hybridized carbons (Fsp3) is 0.143. The van der Waals surface area contributed by atoms with Crippen molar-refractivity contribution in [2.24, 2.45) is 5.73 Å². The number of amides is 1. The zero-order valence-electron chi connectivity index (χ0n) is 9.97. The molecule has 0 aliphatic heterocycles. The summed E-state index contributed by atoms with van der Waals surface area (Å²) >= 11 is 0. The lowest BCUT2D eigenvalue weighted by Gasteiger charge is -2.09. The monoisotopic (exact) mass is 241 g/mol. The van der Waals surface area contributed by atoms with Crippen LogP contribution in [0.15, 0.2) is 48.8 Å². The molecule has 4 heteroatoms. The Morgan fingerprint density at radius 3 is 2.78 bits per heavy atom. The number of anilines is 1. The largest absolute Gasteiger partial charge is 0.326 e. The Labute approximate surface area is 106 Å². The standard InChI is InChI=1S/C14H15N3O/c15-9-12-5-1-2-6-13(12)17-14(18)8-11-4-3-7-16-10-11/h1-7,10H,8-9,15H2,(H,17,18). The summed E-state index contributed by atoms with van der Waals surface area (Å²) in [6, 6.07) is 11.2. The SMILES string of the molecule is NCc1ccccc1NC(=O)Cc1cccnc1. The molecule has 4 nitrogen and oxygen atoms in total. The first-order valence-electron chi connectivity index (χ1n) is 5.76. The van der Waals surface area contributed by atoms with Crippen LogP contribution in [0.25, 0.3) is 0 Å². The summed E-state index contributed by atoms with van der Waals surface area (Å²) in [5, 5.41) is 2.86. The number of benzene rings is 1. The Kier molecular flexibility index (Phi) is 4.04. The molecule has 2 aromatic rings. The Morgan fingerprint density at radius 2 is 2.06 bits per heavy atom. The quantitative estimate of drug-likeness (QED) is 0.856. The molecule has 0 aliphatic rings. The molecule has 92 valence electrons. The lowest BCUT2D eigenvalue weighted by Crippen LogP contribution is -2.16. The van der Waals surface area contributed by atoms with Crippen LogP contribution < -0.4 is 11.1 Å². The maximum atomic E-state index is 11.9. The number of pyridine rings is 1. The Balaban J connectivity index is 2.03. The highest BCUT2D eigenvalue weighted by molar-refractivity contribution is 5.92. The second kappa shape index (κ2) is 5.93. The van der Waals surface area contributed by atoms with Gasteiger partial charge >= 0.3 is 0 Å². The predicted octanol–water partition coefficient (Wildman–Crippen LogP) is 1.72. The van der Waals surface area contributed by atoms with E-state index in [4.69, 9.17) is 5.73 Å². The molecule has 0 fully saturated rings. The van der Waals surface area contributed by atoms with Crippen molar-refractivity contribution in [2.75, 3.05) is 5.32 Å². The zero-order valence-corrected chi connectivity index (χ0v) is 9.97. The fourth-order valence-electron chi connectivity index (χ4n) is 1.70. The topological polar surface area (TPSA) is 68.0 Å². The Hall–Kier alpha value is -2.20. The van der Waals surface area contributed by atoms with E-state index in [1.165, 1.54) is 0 Å². The van der Waals surface area contributed by atoms with Crippen LogP contribution in [0.3, 0.4) is 0 Å². The summed E-state index contributed by atoms with van der Waals surface area (Å²) in [7, 11) is 0. The average Bonchev–Trinajstić information content (AvgIpc) is 2.40. The van der Waals surface area contributed by atoms with Gasteiger partial charge in [-0.25, -0.2) is 0 Å². The van der Waals surface area contributed by atoms with Gasteiger partial charge in [-0.05, 0) is 23.3 Å². The molecule has 1 amide bonds. The summed E-state index contributed by atoms with van der Waals surface area (Å²) in [5.74, 6) is -0.0658. The number of nitrogens with zero attached hydrogens (tertiary/aromatic N) is 1. The van der Waals surface area contributed by atoms with E-state index in [0.717, 1.165) is 16.8 Å². The van der Waals surface area contributed by atoms with E-state index < -0.39 is 0 Å². The zero-order chi connectivity index (χ0) is 12.8. The van der Waals surface area contributed by atoms with Gasteiger partial charge in [-0.1, -0.05) is 24.3 Å². The number of aromatic nitrogens is 1. The van der Waals surface area contributed by atoms with Crippen LogP contribution in [0.4, 0.5) is 5.69 Å². The van der Waals surface area contributed by atoms with E-state index in [9.17, 15) is 4.79 Å². The van der Waals surface area contributed by atoms with Crippen molar-refractivity contribution in [2.45, 2.75) is 13.0 Å². The molecule has 0 spiro atoms. The minimum absolute atomic E-state index is 0.0658. The lowest BCUT2D eigenvalue weighted by molar-refractivity contribution is -0.115. The van der Waals surface area contributed by atoms with Crippen molar-refractivity contribution >= 4 is 11.6 Å². The van der Waals surface area contributed by atoms with Crippen LogP contribution in [0.5, 0.6) is 0 Å². The molecular formula is C14H15N3O. The molecule has 0 unspecified atom stereocenters. The van der Waals surface area contributed by atoms with Gasteiger partial charge in [0, 0.05) is 24.6 Å². The number of rotatable bonds is 4. The number of hydrogen-bond donors (Lipinski definition) is 2. The van der Waals surface area contributed by atoms with Crippen molar-refractivity contribution < 1.29 is 4.79 Å². The second-order valence-electron chi connectivity index (χ2n) is 3.95. The van der Waals surface area contributed by atoms with Gasteiger partial charge in [0.25, 0.3) is 0 Å². The lowest BCUT2D eigenvalue weighted by atomic mass is 10.1. The number of hydrogen-bond acceptors (Lipinski definition) is 3. The van der Waals surface area contributed by atoms with Crippen LogP contribution in [-0.4, -0.2) is 10.9 Å². The van der Waals surface area contributed by atoms with Crippen molar-refractivity contribution in [3.8, 4) is 0 Å². The molecular weight excluding hydrogens is 226 g/mol. The minimum atomic E-state index is -0.0658. The molecule has 0 saturated carbocycles. The van der Waals surface area contributed by atoms with Crippen LogP contribution in [0.2, 0.25) is 0 Å². The Morgan fingerprint density at radius 1 is 1.22 bits per heavy atom. The molecule has 3 N–H and O–H groups in total. The van der Waals surface area contributed by atoms with Gasteiger partial charge in [-0.3, -0.25) is 9.78 Å². The van der Waals surface area contributed by atoms with E-state index in [2.05, 4.69) is 10.3 Å². The summed E-state index contributed by atoms with van der Waals surface area (Å²) in [5.41, 5.74) is 8.21. The van der Waals surface area contributed by atoms with Gasteiger partial charge in [-0.2, -0.15) is 0 Å². The summed E-state index contributed by atoms with van der Waals surface area (Å²) in [6.07, 6.45) is 3.69. The minimum Gasteiger partial charge on any atom is -0.326 e. The number of carbonyl (C=O) groups is 1. The fourth-order valence-corrected chi connectivity index (χ4v) is 1.70. The molecule has 1 aromatic heterocycles. The molecule has 0 atom stereocenters. The maximum absolute atomic E-state index is 11.9. The van der Waals surface area contributed by atoms with Crippen LogP contribution in [0.1, 0.15) is 11.1 Å². The molecule has 18 heavy (non-hydrogen) atoms. The van der Waals surface area contributed by atoms with Gasteiger partial charge in [-0.15, -0.1) is 0 Å². The van der Waals surface area contributed by atoms with Crippen LogP contribution >= 0.6 is 0 Å². The third-order valence-corrected chi connectivity index (χ3v) is 2.60. The number of para-hydroxylation sites is 1. The van der Waals surface area contributed by atoms with Crippen LogP contribution in [-0.2, 0) is 17.8 Å².